The Hall–Kier alpha value is -3.28. The van der Waals surface area contributed by atoms with Gasteiger partial charge in [-0.05, 0) is 61.1 Å². The summed E-state index contributed by atoms with van der Waals surface area (Å²) in [5.74, 6) is 2.10. The van der Waals surface area contributed by atoms with E-state index < -0.39 is 5.97 Å². The predicted octanol–water partition coefficient (Wildman–Crippen LogP) is 6.60. The van der Waals surface area contributed by atoms with Gasteiger partial charge in [0, 0.05) is 23.3 Å². The molecule has 0 saturated carbocycles. The highest BCUT2D eigenvalue weighted by molar-refractivity contribution is 6.11. The Morgan fingerprint density at radius 3 is 2.00 bits per heavy atom. The molecule has 0 aliphatic rings. The van der Waals surface area contributed by atoms with Crippen LogP contribution in [0.1, 0.15) is 70.0 Å². The third-order valence-corrected chi connectivity index (χ3v) is 4.88. The minimum absolute atomic E-state index is 0.189. The van der Waals surface area contributed by atoms with Gasteiger partial charge in [-0.15, -0.1) is 0 Å². The molecule has 36 heavy (non-hydrogen) atoms. The van der Waals surface area contributed by atoms with Crippen LogP contribution in [0.25, 0.3) is 6.08 Å². The molecule has 0 aliphatic heterocycles. The number of ketones is 1. The molecule has 2 aromatic carbocycles. The highest BCUT2D eigenvalue weighted by Crippen LogP contribution is 2.30. The van der Waals surface area contributed by atoms with Crippen molar-refractivity contribution in [3.8, 4) is 17.2 Å². The van der Waals surface area contributed by atoms with E-state index in [0.29, 0.717) is 71.5 Å². The Balaban J connectivity index is 2.43. The van der Waals surface area contributed by atoms with Crippen molar-refractivity contribution < 1.29 is 28.5 Å². The van der Waals surface area contributed by atoms with Crippen molar-refractivity contribution in [1.29, 1.82) is 0 Å². The third-order valence-electron chi connectivity index (χ3n) is 4.88. The summed E-state index contributed by atoms with van der Waals surface area (Å²) in [6, 6.07) is 10.5. The topological polar surface area (TPSA) is 71.1 Å². The van der Waals surface area contributed by atoms with Crippen molar-refractivity contribution in [2.75, 3.05) is 26.4 Å². The molecule has 0 fully saturated rings. The van der Waals surface area contributed by atoms with E-state index in [1.54, 1.807) is 49.4 Å². The van der Waals surface area contributed by atoms with Crippen LogP contribution in [0, 0.1) is 17.8 Å². The van der Waals surface area contributed by atoms with Crippen LogP contribution in [0.3, 0.4) is 0 Å². The Kier molecular flexibility index (Phi) is 11.5. The quantitative estimate of drug-likeness (QED) is 0.167. The summed E-state index contributed by atoms with van der Waals surface area (Å²) in [6.07, 6.45) is 2.96. The van der Waals surface area contributed by atoms with Crippen LogP contribution in [-0.4, -0.2) is 38.2 Å². The lowest BCUT2D eigenvalue weighted by Crippen LogP contribution is -2.11. The van der Waals surface area contributed by atoms with E-state index in [1.165, 1.54) is 6.08 Å². The van der Waals surface area contributed by atoms with Gasteiger partial charge < -0.3 is 18.9 Å². The van der Waals surface area contributed by atoms with E-state index in [9.17, 15) is 9.59 Å². The van der Waals surface area contributed by atoms with E-state index in [1.807, 2.05) is 0 Å². The second kappa shape index (κ2) is 14.3. The number of benzene rings is 2. The number of esters is 1. The van der Waals surface area contributed by atoms with Gasteiger partial charge in [0.25, 0.3) is 0 Å². The second-order valence-electron chi connectivity index (χ2n) is 9.94. The molecule has 0 spiro atoms. The molecule has 2 aromatic rings. The van der Waals surface area contributed by atoms with Crippen LogP contribution in [0.15, 0.2) is 42.5 Å². The highest BCUT2D eigenvalue weighted by atomic mass is 16.5. The minimum atomic E-state index is -0.453. The minimum Gasteiger partial charge on any atom is -0.493 e. The molecule has 0 aliphatic carbocycles. The Bertz CT molecular complexity index is 1040. The van der Waals surface area contributed by atoms with Crippen molar-refractivity contribution in [2.24, 2.45) is 17.8 Å². The average Bonchev–Trinajstić information content (AvgIpc) is 2.83. The van der Waals surface area contributed by atoms with Gasteiger partial charge in [-0.2, -0.15) is 0 Å². The third kappa shape index (κ3) is 9.40. The van der Waals surface area contributed by atoms with Crippen LogP contribution in [0.4, 0.5) is 0 Å². The van der Waals surface area contributed by atoms with Crippen LogP contribution >= 0.6 is 0 Å². The number of rotatable bonds is 14. The fraction of sp³-hybridized carbons (Fsp3) is 0.467. The van der Waals surface area contributed by atoms with Crippen molar-refractivity contribution in [3.05, 3.63) is 59.2 Å². The molecule has 0 atom stereocenters. The maximum atomic E-state index is 13.6. The number of hydrogen-bond acceptors (Lipinski definition) is 6. The molecule has 0 N–H and O–H groups in total. The summed E-state index contributed by atoms with van der Waals surface area (Å²) < 4.78 is 22.8. The van der Waals surface area contributed by atoms with Gasteiger partial charge in [0.1, 0.15) is 17.2 Å². The number of ether oxygens (including phenoxy) is 4. The molecule has 0 unspecified atom stereocenters. The normalized spacial score (nSPS) is 11.4. The zero-order valence-electron chi connectivity index (χ0n) is 22.6. The number of hydrogen-bond donors (Lipinski definition) is 0. The lowest BCUT2D eigenvalue weighted by Gasteiger charge is -2.16. The molecule has 6 nitrogen and oxygen atoms in total. The molecule has 0 saturated heterocycles. The van der Waals surface area contributed by atoms with Crippen LogP contribution in [0.5, 0.6) is 17.2 Å². The van der Waals surface area contributed by atoms with Crippen molar-refractivity contribution in [3.63, 3.8) is 0 Å². The molecule has 0 aromatic heterocycles. The summed E-state index contributed by atoms with van der Waals surface area (Å²) in [4.78, 5) is 25.5. The summed E-state index contributed by atoms with van der Waals surface area (Å²) in [5, 5.41) is 0. The zero-order chi connectivity index (χ0) is 26.7. The van der Waals surface area contributed by atoms with Gasteiger partial charge in [-0.1, -0.05) is 41.5 Å². The SMILES string of the molecule is CCOC(=O)/C=C/c1cc(C(=O)c2ccc(OCC(C)C)cc2OCC(C)C)ccc1OCC(C)C. The smallest absolute Gasteiger partial charge is 0.330 e. The first-order valence-electron chi connectivity index (χ1n) is 12.7. The lowest BCUT2D eigenvalue weighted by molar-refractivity contribution is -0.137. The molecule has 196 valence electrons. The van der Waals surface area contributed by atoms with Gasteiger partial charge in [-0.3, -0.25) is 4.79 Å². The fourth-order valence-corrected chi connectivity index (χ4v) is 3.13. The predicted molar refractivity (Wildman–Crippen MR) is 143 cm³/mol. The van der Waals surface area contributed by atoms with Crippen molar-refractivity contribution in [2.45, 2.75) is 48.5 Å². The highest BCUT2D eigenvalue weighted by Gasteiger charge is 2.18. The zero-order valence-corrected chi connectivity index (χ0v) is 22.6. The second-order valence-corrected chi connectivity index (χ2v) is 9.94. The average molecular weight is 497 g/mol. The van der Waals surface area contributed by atoms with Crippen molar-refractivity contribution in [1.82, 2.24) is 0 Å². The first-order chi connectivity index (χ1) is 17.1. The maximum Gasteiger partial charge on any atom is 0.330 e. The van der Waals surface area contributed by atoms with Crippen LogP contribution in [0.2, 0.25) is 0 Å². The van der Waals surface area contributed by atoms with Crippen LogP contribution in [-0.2, 0) is 9.53 Å². The molecule has 2 rings (SSSR count). The molecular formula is C30H40O6. The van der Waals surface area contributed by atoms with E-state index in [4.69, 9.17) is 18.9 Å². The molecule has 0 bridgehead atoms. The van der Waals surface area contributed by atoms with E-state index >= 15 is 0 Å². The van der Waals surface area contributed by atoms with Gasteiger partial charge >= 0.3 is 5.97 Å². The summed E-state index contributed by atoms with van der Waals surface area (Å²) >= 11 is 0. The molecule has 0 heterocycles. The number of carbonyl (C=O) groups is 2. The van der Waals surface area contributed by atoms with Gasteiger partial charge in [0.15, 0.2) is 5.78 Å². The summed E-state index contributed by atoms with van der Waals surface area (Å²) in [6.45, 7) is 16.0. The van der Waals surface area contributed by atoms with Crippen molar-refractivity contribution >= 4 is 17.8 Å². The van der Waals surface area contributed by atoms with Gasteiger partial charge in [0.05, 0.1) is 32.0 Å². The molecule has 0 amide bonds. The largest absolute Gasteiger partial charge is 0.493 e. The van der Waals surface area contributed by atoms with E-state index in [2.05, 4.69) is 41.5 Å². The molecule has 6 heteroatoms. The molecule has 0 radical (unpaired) electrons. The lowest BCUT2D eigenvalue weighted by atomic mass is 9.99. The van der Waals surface area contributed by atoms with E-state index in [-0.39, 0.29) is 12.4 Å². The summed E-state index contributed by atoms with van der Waals surface area (Å²) in [7, 11) is 0. The number of carbonyl (C=O) groups excluding carboxylic acids is 2. The Morgan fingerprint density at radius 2 is 1.39 bits per heavy atom. The van der Waals surface area contributed by atoms with Gasteiger partial charge in [0.2, 0.25) is 0 Å². The van der Waals surface area contributed by atoms with E-state index in [0.717, 1.165) is 0 Å². The monoisotopic (exact) mass is 496 g/mol. The summed E-state index contributed by atoms with van der Waals surface area (Å²) in [5.41, 5.74) is 1.53. The van der Waals surface area contributed by atoms with Gasteiger partial charge in [-0.25, -0.2) is 4.79 Å². The fourth-order valence-electron chi connectivity index (χ4n) is 3.13. The molecular weight excluding hydrogens is 456 g/mol. The van der Waals surface area contributed by atoms with Crippen LogP contribution < -0.4 is 14.2 Å². The maximum absolute atomic E-state index is 13.6. The first kappa shape index (κ1) is 29.0. The first-order valence-corrected chi connectivity index (χ1v) is 12.7. The Labute approximate surface area is 215 Å². The standard InChI is InChI=1S/C30H40O6/c1-8-33-29(31)14-10-23-15-24(9-13-27(23)35-18-21(4)5)30(32)26-12-11-25(34-17-20(2)3)16-28(26)36-19-22(6)7/h9-16,20-22H,8,17-19H2,1-7H3/b14-10+. The Morgan fingerprint density at radius 1 is 0.778 bits per heavy atom.